The molecule has 0 spiro atoms. The number of carbonyl (C=O) groups is 1. The molecule has 0 aliphatic rings. The van der Waals surface area contributed by atoms with Crippen LogP contribution in [0, 0.1) is 6.92 Å². The van der Waals surface area contributed by atoms with Gasteiger partial charge in [-0.1, -0.05) is 76.8 Å². The first-order chi connectivity index (χ1) is 12.9. The van der Waals surface area contributed by atoms with Crippen molar-refractivity contribution in [2.75, 3.05) is 5.32 Å². The Morgan fingerprint density at radius 1 is 0.889 bits per heavy atom. The van der Waals surface area contributed by atoms with Crippen molar-refractivity contribution in [3.8, 4) is 0 Å². The molecule has 1 unspecified atom stereocenters. The fraction of sp³-hybridized carbons (Fsp3) is 0.136. The summed E-state index contributed by atoms with van der Waals surface area (Å²) >= 11 is 18.1. The van der Waals surface area contributed by atoms with Crippen LogP contribution in [0.25, 0.3) is 0 Å². The number of hydrogen-bond acceptors (Lipinski definition) is 2. The largest absolute Gasteiger partial charge is 0.378 e. The molecule has 0 heterocycles. The maximum absolute atomic E-state index is 12.8. The quantitative estimate of drug-likeness (QED) is 0.423. The first-order valence-corrected chi connectivity index (χ1v) is 9.62. The second-order valence-corrected chi connectivity index (χ2v) is 7.62. The third-order valence-corrected chi connectivity index (χ3v) is 5.29. The Labute approximate surface area is 174 Å². The van der Waals surface area contributed by atoms with Crippen LogP contribution >= 0.6 is 34.8 Å². The molecule has 1 atom stereocenters. The lowest BCUT2D eigenvalue weighted by Gasteiger charge is -2.20. The average Bonchev–Trinajstić information content (AvgIpc) is 2.65. The molecule has 0 fully saturated rings. The standard InChI is InChI=1S/C22H18Cl3NO/c1-14-2-4-16(5-3-14)22(27)13-21(15-6-8-17(23)9-7-15)26-18-10-11-19(24)20(25)12-18/h2-12,21,26H,13H2,1H3. The van der Waals surface area contributed by atoms with Gasteiger partial charge >= 0.3 is 0 Å². The number of halogens is 3. The highest BCUT2D eigenvalue weighted by atomic mass is 35.5. The van der Waals surface area contributed by atoms with Crippen molar-refractivity contribution in [2.24, 2.45) is 0 Å². The zero-order valence-corrected chi connectivity index (χ0v) is 16.9. The minimum atomic E-state index is -0.228. The van der Waals surface area contributed by atoms with Crippen molar-refractivity contribution >= 4 is 46.3 Å². The summed E-state index contributed by atoms with van der Waals surface area (Å²) in [6, 6.07) is 20.2. The Hall–Kier alpha value is -2.00. The van der Waals surface area contributed by atoms with Gasteiger partial charge in [-0.2, -0.15) is 0 Å². The van der Waals surface area contributed by atoms with Crippen molar-refractivity contribution in [3.63, 3.8) is 0 Å². The number of rotatable bonds is 6. The van der Waals surface area contributed by atoms with Gasteiger partial charge in [0.25, 0.3) is 0 Å². The number of Topliss-reactive ketones (excluding diaryl/α,β-unsaturated/α-hetero) is 1. The van der Waals surface area contributed by atoms with Crippen molar-refractivity contribution in [2.45, 2.75) is 19.4 Å². The van der Waals surface area contributed by atoms with Crippen LogP contribution in [0.1, 0.15) is 33.9 Å². The van der Waals surface area contributed by atoms with Crippen molar-refractivity contribution in [1.29, 1.82) is 0 Å². The lowest BCUT2D eigenvalue weighted by Crippen LogP contribution is -2.16. The molecule has 2 nitrogen and oxygen atoms in total. The van der Waals surface area contributed by atoms with E-state index in [0.717, 1.165) is 16.8 Å². The minimum absolute atomic E-state index is 0.0579. The highest BCUT2D eigenvalue weighted by molar-refractivity contribution is 6.42. The van der Waals surface area contributed by atoms with E-state index in [2.05, 4.69) is 5.32 Å². The third-order valence-electron chi connectivity index (χ3n) is 4.30. The lowest BCUT2D eigenvalue weighted by atomic mass is 9.97. The van der Waals surface area contributed by atoms with E-state index >= 15 is 0 Å². The van der Waals surface area contributed by atoms with E-state index in [-0.39, 0.29) is 11.8 Å². The predicted molar refractivity (Wildman–Crippen MR) is 114 cm³/mol. The minimum Gasteiger partial charge on any atom is -0.378 e. The fourth-order valence-electron chi connectivity index (χ4n) is 2.78. The molecule has 0 radical (unpaired) electrons. The summed E-state index contributed by atoms with van der Waals surface area (Å²) < 4.78 is 0. The van der Waals surface area contributed by atoms with E-state index in [1.54, 1.807) is 12.1 Å². The molecule has 5 heteroatoms. The van der Waals surface area contributed by atoms with E-state index < -0.39 is 0 Å². The molecule has 0 aromatic heterocycles. The molecule has 3 aromatic rings. The molecule has 0 aliphatic heterocycles. The van der Waals surface area contributed by atoms with Crippen LogP contribution in [-0.2, 0) is 0 Å². The maximum Gasteiger partial charge on any atom is 0.165 e. The molecule has 0 saturated heterocycles. The summed E-state index contributed by atoms with van der Waals surface area (Å²) in [5.74, 6) is 0.0579. The van der Waals surface area contributed by atoms with Gasteiger partial charge in [-0.3, -0.25) is 4.79 Å². The van der Waals surface area contributed by atoms with Gasteiger partial charge in [0.2, 0.25) is 0 Å². The second kappa shape index (κ2) is 8.79. The van der Waals surface area contributed by atoms with Gasteiger partial charge in [-0.25, -0.2) is 0 Å². The van der Waals surface area contributed by atoms with Crippen LogP contribution in [0.4, 0.5) is 5.69 Å². The Bertz CT molecular complexity index is 937. The maximum atomic E-state index is 12.8. The zero-order valence-electron chi connectivity index (χ0n) is 14.7. The monoisotopic (exact) mass is 417 g/mol. The Balaban J connectivity index is 1.86. The van der Waals surface area contributed by atoms with E-state index in [4.69, 9.17) is 34.8 Å². The van der Waals surface area contributed by atoms with Crippen LogP contribution in [0.3, 0.4) is 0 Å². The molecular formula is C22H18Cl3NO. The summed E-state index contributed by atoms with van der Waals surface area (Å²) in [6.07, 6.45) is 0.297. The summed E-state index contributed by atoms with van der Waals surface area (Å²) in [7, 11) is 0. The number of carbonyl (C=O) groups excluding carboxylic acids is 1. The summed E-state index contributed by atoms with van der Waals surface area (Å²) in [5.41, 5.74) is 3.57. The van der Waals surface area contributed by atoms with Crippen LogP contribution in [-0.4, -0.2) is 5.78 Å². The number of ketones is 1. The van der Waals surface area contributed by atoms with Crippen molar-refractivity contribution in [3.05, 3.63) is 98.5 Å². The predicted octanol–water partition coefficient (Wildman–Crippen LogP) is 7.38. The van der Waals surface area contributed by atoms with Gasteiger partial charge < -0.3 is 5.32 Å². The number of benzene rings is 3. The van der Waals surface area contributed by atoms with Gasteiger partial charge in [0.15, 0.2) is 5.78 Å². The highest BCUT2D eigenvalue weighted by Gasteiger charge is 2.18. The topological polar surface area (TPSA) is 29.1 Å². The first-order valence-electron chi connectivity index (χ1n) is 8.49. The molecule has 0 bridgehead atoms. The summed E-state index contributed by atoms with van der Waals surface area (Å²) in [4.78, 5) is 12.8. The summed E-state index contributed by atoms with van der Waals surface area (Å²) in [5, 5.41) is 4.98. The van der Waals surface area contributed by atoms with Gasteiger partial charge in [-0.05, 0) is 42.8 Å². The molecule has 0 saturated carbocycles. The van der Waals surface area contributed by atoms with Crippen LogP contribution in [0.5, 0.6) is 0 Å². The normalized spacial score (nSPS) is 11.9. The zero-order chi connectivity index (χ0) is 19.4. The third kappa shape index (κ3) is 5.26. The number of hydrogen-bond donors (Lipinski definition) is 1. The van der Waals surface area contributed by atoms with Gasteiger partial charge in [0.05, 0.1) is 16.1 Å². The number of aryl methyl sites for hydroxylation is 1. The highest BCUT2D eigenvalue weighted by Crippen LogP contribution is 2.30. The van der Waals surface area contributed by atoms with Gasteiger partial charge in [0, 0.05) is 22.7 Å². The van der Waals surface area contributed by atoms with Gasteiger partial charge in [-0.15, -0.1) is 0 Å². The Kier molecular flexibility index (Phi) is 6.43. The SMILES string of the molecule is Cc1ccc(C(=O)CC(Nc2ccc(Cl)c(Cl)c2)c2ccc(Cl)cc2)cc1. The molecule has 3 aromatic carbocycles. The average molecular weight is 419 g/mol. The molecule has 3 rings (SSSR count). The second-order valence-electron chi connectivity index (χ2n) is 6.37. The smallest absolute Gasteiger partial charge is 0.165 e. The van der Waals surface area contributed by atoms with E-state index in [9.17, 15) is 4.79 Å². The fourth-order valence-corrected chi connectivity index (χ4v) is 3.20. The van der Waals surface area contributed by atoms with Crippen LogP contribution in [0.15, 0.2) is 66.7 Å². The van der Waals surface area contributed by atoms with Crippen LogP contribution < -0.4 is 5.32 Å². The van der Waals surface area contributed by atoms with E-state index in [0.29, 0.717) is 27.1 Å². The number of anilines is 1. The lowest BCUT2D eigenvalue weighted by molar-refractivity contribution is 0.0976. The van der Waals surface area contributed by atoms with Crippen molar-refractivity contribution < 1.29 is 4.79 Å². The molecule has 1 N–H and O–H groups in total. The van der Waals surface area contributed by atoms with Crippen molar-refractivity contribution in [1.82, 2.24) is 0 Å². The molecular weight excluding hydrogens is 401 g/mol. The number of nitrogens with one attached hydrogen (secondary N) is 1. The first kappa shape index (κ1) is 19.8. The Morgan fingerprint density at radius 3 is 2.19 bits per heavy atom. The van der Waals surface area contributed by atoms with Crippen LogP contribution in [0.2, 0.25) is 15.1 Å². The molecule has 138 valence electrons. The molecule has 0 aliphatic carbocycles. The van der Waals surface area contributed by atoms with E-state index in [1.165, 1.54) is 0 Å². The molecule has 27 heavy (non-hydrogen) atoms. The van der Waals surface area contributed by atoms with Gasteiger partial charge in [0.1, 0.15) is 0 Å². The Morgan fingerprint density at radius 2 is 1.56 bits per heavy atom. The van der Waals surface area contributed by atoms with E-state index in [1.807, 2.05) is 61.5 Å². The summed E-state index contributed by atoms with van der Waals surface area (Å²) in [6.45, 7) is 2.00. The molecule has 0 amide bonds.